The van der Waals surface area contributed by atoms with Crippen molar-refractivity contribution in [1.82, 2.24) is 0 Å². The summed E-state index contributed by atoms with van der Waals surface area (Å²) in [5, 5.41) is 0. The van der Waals surface area contributed by atoms with E-state index in [4.69, 9.17) is 4.74 Å². The Kier molecular flexibility index (Phi) is 16.1. The standard InChI is InChI=1S/C11H14O2.C10H18O/c1-2-11(12)13-9-8-10-6-4-3-5-7-10;1-2-3-4-5-6-7-8-9-10-11/h3-7H,2,8-9H2,1H3;8-10H,2-7H2,1H3/b;9-8+. The quantitative estimate of drug-likeness (QED) is 0.239. The van der Waals surface area contributed by atoms with Crippen LogP contribution in [0, 0.1) is 0 Å². The zero-order valence-corrected chi connectivity index (χ0v) is 15.2. The highest BCUT2D eigenvalue weighted by Gasteiger charge is 1.97. The number of benzene rings is 1. The number of ether oxygens (including phenoxy) is 1. The lowest BCUT2D eigenvalue weighted by molar-refractivity contribution is -0.143. The Balaban J connectivity index is 0.000000449. The van der Waals surface area contributed by atoms with Gasteiger partial charge >= 0.3 is 5.97 Å². The molecule has 134 valence electrons. The fraction of sp³-hybridized carbons (Fsp3) is 0.524. The van der Waals surface area contributed by atoms with Gasteiger partial charge in [0, 0.05) is 12.8 Å². The van der Waals surface area contributed by atoms with E-state index in [1.54, 1.807) is 13.0 Å². The molecular formula is C21H32O3. The Labute approximate surface area is 147 Å². The molecule has 0 saturated carbocycles. The van der Waals surface area contributed by atoms with Gasteiger partial charge in [-0.3, -0.25) is 9.59 Å². The molecule has 0 fully saturated rings. The Bertz CT molecular complexity index is 438. The lowest BCUT2D eigenvalue weighted by Gasteiger charge is -2.02. The molecule has 0 saturated heterocycles. The summed E-state index contributed by atoms with van der Waals surface area (Å²) in [5.74, 6) is -0.129. The molecule has 0 aliphatic heterocycles. The first kappa shape index (κ1) is 22.1. The summed E-state index contributed by atoms with van der Waals surface area (Å²) in [6.45, 7) is 4.49. The minimum atomic E-state index is -0.129. The Morgan fingerprint density at radius 3 is 2.38 bits per heavy atom. The summed E-state index contributed by atoms with van der Waals surface area (Å²) in [7, 11) is 0. The van der Waals surface area contributed by atoms with Crippen LogP contribution in [0.1, 0.15) is 64.4 Å². The van der Waals surface area contributed by atoms with Crippen LogP contribution in [0.3, 0.4) is 0 Å². The van der Waals surface area contributed by atoms with Crippen molar-refractivity contribution >= 4 is 12.3 Å². The first-order chi connectivity index (χ1) is 11.7. The number of hydrogen-bond donors (Lipinski definition) is 0. The predicted octanol–water partition coefficient (Wildman–Crippen LogP) is 5.28. The van der Waals surface area contributed by atoms with Crippen LogP contribution in [0.2, 0.25) is 0 Å². The van der Waals surface area contributed by atoms with Gasteiger partial charge in [-0.15, -0.1) is 0 Å². The highest BCUT2D eigenvalue weighted by Crippen LogP contribution is 2.04. The molecule has 0 spiro atoms. The van der Waals surface area contributed by atoms with Crippen LogP contribution in [-0.2, 0) is 20.7 Å². The van der Waals surface area contributed by atoms with Gasteiger partial charge in [-0.2, -0.15) is 0 Å². The smallest absolute Gasteiger partial charge is 0.305 e. The highest BCUT2D eigenvalue weighted by atomic mass is 16.5. The SMILES string of the molecule is CCC(=O)OCCc1ccccc1.CCCCCCC/C=C/C=O. The minimum absolute atomic E-state index is 0.129. The molecule has 0 N–H and O–H groups in total. The maximum Gasteiger partial charge on any atom is 0.305 e. The molecular weight excluding hydrogens is 300 g/mol. The van der Waals surface area contributed by atoms with Gasteiger partial charge in [-0.05, 0) is 24.5 Å². The van der Waals surface area contributed by atoms with E-state index in [-0.39, 0.29) is 5.97 Å². The number of hydrogen-bond acceptors (Lipinski definition) is 3. The van der Waals surface area contributed by atoms with Crippen molar-refractivity contribution in [3.05, 3.63) is 48.0 Å². The second kappa shape index (κ2) is 17.5. The van der Waals surface area contributed by atoms with Gasteiger partial charge in [0.2, 0.25) is 0 Å². The molecule has 0 heterocycles. The van der Waals surface area contributed by atoms with Gasteiger partial charge in [0.15, 0.2) is 0 Å². The molecule has 0 aliphatic carbocycles. The molecule has 0 unspecified atom stereocenters. The van der Waals surface area contributed by atoms with Crippen molar-refractivity contribution < 1.29 is 14.3 Å². The maximum absolute atomic E-state index is 10.8. The largest absolute Gasteiger partial charge is 0.465 e. The number of rotatable bonds is 11. The van der Waals surface area contributed by atoms with Crippen molar-refractivity contribution in [2.24, 2.45) is 0 Å². The number of aldehydes is 1. The summed E-state index contributed by atoms with van der Waals surface area (Å²) in [6, 6.07) is 10.00. The van der Waals surface area contributed by atoms with E-state index in [2.05, 4.69) is 6.92 Å². The summed E-state index contributed by atoms with van der Waals surface area (Å²) in [5.41, 5.74) is 1.20. The molecule has 3 heteroatoms. The monoisotopic (exact) mass is 332 g/mol. The number of carbonyl (C=O) groups is 2. The van der Waals surface area contributed by atoms with E-state index >= 15 is 0 Å². The van der Waals surface area contributed by atoms with Crippen molar-refractivity contribution in [1.29, 1.82) is 0 Å². The molecule has 0 amide bonds. The third-order valence-corrected chi connectivity index (χ3v) is 3.47. The highest BCUT2D eigenvalue weighted by molar-refractivity contribution is 5.68. The fourth-order valence-electron chi connectivity index (χ4n) is 2.05. The molecule has 0 atom stereocenters. The predicted molar refractivity (Wildman–Crippen MR) is 100.0 cm³/mol. The van der Waals surface area contributed by atoms with Crippen molar-refractivity contribution in [3.8, 4) is 0 Å². The van der Waals surface area contributed by atoms with Gasteiger partial charge in [0.25, 0.3) is 0 Å². The van der Waals surface area contributed by atoms with Gasteiger partial charge in [-0.1, -0.05) is 75.9 Å². The summed E-state index contributed by atoms with van der Waals surface area (Å²) in [4.78, 5) is 20.6. The lowest BCUT2D eigenvalue weighted by Crippen LogP contribution is -2.05. The van der Waals surface area contributed by atoms with Crippen molar-refractivity contribution in [2.75, 3.05) is 6.61 Å². The topological polar surface area (TPSA) is 43.4 Å². The number of unbranched alkanes of at least 4 members (excludes halogenated alkanes) is 5. The van der Waals surface area contributed by atoms with E-state index in [1.165, 1.54) is 37.7 Å². The van der Waals surface area contributed by atoms with Crippen LogP contribution in [0.25, 0.3) is 0 Å². The van der Waals surface area contributed by atoms with Crippen LogP contribution in [0.4, 0.5) is 0 Å². The molecule has 0 bridgehead atoms. The number of esters is 1. The van der Waals surface area contributed by atoms with Crippen LogP contribution < -0.4 is 0 Å². The average Bonchev–Trinajstić information content (AvgIpc) is 2.62. The molecule has 24 heavy (non-hydrogen) atoms. The molecule has 3 nitrogen and oxygen atoms in total. The molecule has 1 aromatic carbocycles. The van der Waals surface area contributed by atoms with Gasteiger partial charge in [-0.25, -0.2) is 0 Å². The molecule has 1 rings (SSSR count). The summed E-state index contributed by atoms with van der Waals surface area (Å²) < 4.78 is 4.96. The maximum atomic E-state index is 10.8. The number of allylic oxidation sites excluding steroid dienone is 2. The van der Waals surface area contributed by atoms with Crippen LogP contribution >= 0.6 is 0 Å². The van der Waals surface area contributed by atoms with Crippen LogP contribution in [-0.4, -0.2) is 18.9 Å². The third-order valence-electron chi connectivity index (χ3n) is 3.47. The zero-order chi connectivity index (χ0) is 17.9. The molecule has 1 aromatic rings. The van der Waals surface area contributed by atoms with E-state index in [0.29, 0.717) is 13.0 Å². The fourth-order valence-corrected chi connectivity index (χ4v) is 2.05. The van der Waals surface area contributed by atoms with Crippen LogP contribution in [0.15, 0.2) is 42.5 Å². The second-order valence-electron chi connectivity index (χ2n) is 5.58. The van der Waals surface area contributed by atoms with E-state index in [0.717, 1.165) is 19.1 Å². The second-order valence-corrected chi connectivity index (χ2v) is 5.58. The number of carbonyl (C=O) groups excluding carboxylic acids is 2. The molecule has 0 aliphatic rings. The van der Waals surface area contributed by atoms with Crippen LogP contribution in [0.5, 0.6) is 0 Å². The molecule has 0 radical (unpaired) electrons. The van der Waals surface area contributed by atoms with Gasteiger partial charge in [0.1, 0.15) is 6.29 Å². The zero-order valence-electron chi connectivity index (χ0n) is 15.2. The Morgan fingerprint density at radius 1 is 1.04 bits per heavy atom. The first-order valence-electron chi connectivity index (χ1n) is 9.04. The molecule has 0 aromatic heterocycles. The lowest BCUT2D eigenvalue weighted by atomic mass is 10.1. The van der Waals surface area contributed by atoms with Crippen molar-refractivity contribution in [3.63, 3.8) is 0 Å². The van der Waals surface area contributed by atoms with Gasteiger partial charge < -0.3 is 4.74 Å². The van der Waals surface area contributed by atoms with Gasteiger partial charge in [0.05, 0.1) is 6.61 Å². The van der Waals surface area contributed by atoms with E-state index in [1.807, 2.05) is 36.4 Å². The Morgan fingerprint density at radius 2 is 1.75 bits per heavy atom. The Hall–Kier alpha value is -1.90. The summed E-state index contributed by atoms with van der Waals surface area (Å²) >= 11 is 0. The minimum Gasteiger partial charge on any atom is -0.465 e. The van der Waals surface area contributed by atoms with E-state index in [9.17, 15) is 9.59 Å². The third kappa shape index (κ3) is 15.0. The average molecular weight is 332 g/mol. The first-order valence-corrected chi connectivity index (χ1v) is 9.04. The normalized spacial score (nSPS) is 10.1. The summed E-state index contributed by atoms with van der Waals surface area (Å²) in [6.07, 6.45) is 13.2. The van der Waals surface area contributed by atoms with E-state index < -0.39 is 0 Å². The van der Waals surface area contributed by atoms with Crippen molar-refractivity contribution in [2.45, 2.75) is 65.2 Å².